The highest BCUT2D eigenvalue weighted by atomic mass is 15.2. The molecule has 0 saturated heterocycles. The standard InChI is InChI=1S/C14H24N2/c1-6-9-14(8-3)16(10-7-2)13(5)12(4)11-15/h7,14H,2,6,8-10H2,1,3-5H3/b13-12-. The van der Waals surface area contributed by atoms with Gasteiger partial charge in [0, 0.05) is 23.9 Å². The maximum absolute atomic E-state index is 8.95. The minimum atomic E-state index is 0.520. The molecule has 2 heteroatoms. The molecule has 0 N–H and O–H groups in total. The minimum Gasteiger partial charge on any atom is -0.368 e. The van der Waals surface area contributed by atoms with Crippen molar-refractivity contribution in [1.82, 2.24) is 4.90 Å². The van der Waals surface area contributed by atoms with Gasteiger partial charge in [-0.15, -0.1) is 6.58 Å². The number of nitrogens with zero attached hydrogens (tertiary/aromatic N) is 2. The second-order valence-corrected chi connectivity index (χ2v) is 4.11. The quantitative estimate of drug-likeness (QED) is 0.481. The van der Waals surface area contributed by atoms with Crippen molar-refractivity contribution < 1.29 is 0 Å². The molecule has 0 fully saturated rings. The summed E-state index contributed by atoms with van der Waals surface area (Å²) in [6.45, 7) is 12.9. The van der Waals surface area contributed by atoms with Crippen LogP contribution in [0.1, 0.15) is 47.0 Å². The van der Waals surface area contributed by atoms with Gasteiger partial charge >= 0.3 is 0 Å². The Morgan fingerprint density at radius 1 is 1.44 bits per heavy atom. The summed E-state index contributed by atoms with van der Waals surface area (Å²) in [6.07, 6.45) is 5.36. The summed E-state index contributed by atoms with van der Waals surface area (Å²) in [4.78, 5) is 2.30. The Morgan fingerprint density at radius 3 is 2.44 bits per heavy atom. The van der Waals surface area contributed by atoms with E-state index in [0.717, 1.165) is 24.2 Å². The third kappa shape index (κ3) is 4.10. The van der Waals surface area contributed by atoms with Crippen molar-refractivity contribution in [2.45, 2.75) is 53.0 Å². The molecule has 0 bridgehead atoms. The van der Waals surface area contributed by atoms with Crippen LogP contribution in [0.3, 0.4) is 0 Å². The van der Waals surface area contributed by atoms with Crippen LogP contribution in [0.15, 0.2) is 23.9 Å². The van der Waals surface area contributed by atoms with Crippen molar-refractivity contribution in [3.8, 4) is 6.07 Å². The fraction of sp³-hybridized carbons (Fsp3) is 0.643. The highest BCUT2D eigenvalue weighted by molar-refractivity contribution is 5.24. The van der Waals surface area contributed by atoms with E-state index in [-0.39, 0.29) is 0 Å². The van der Waals surface area contributed by atoms with E-state index in [9.17, 15) is 0 Å². The van der Waals surface area contributed by atoms with Crippen LogP contribution >= 0.6 is 0 Å². The average molecular weight is 220 g/mol. The molecular formula is C14H24N2. The molecule has 2 nitrogen and oxygen atoms in total. The number of rotatable bonds is 7. The second-order valence-electron chi connectivity index (χ2n) is 4.11. The zero-order valence-corrected chi connectivity index (χ0v) is 11.1. The molecule has 0 saturated carbocycles. The van der Waals surface area contributed by atoms with E-state index in [1.165, 1.54) is 12.8 Å². The maximum Gasteiger partial charge on any atom is 0.0962 e. The molecule has 0 aliphatic rings. The topological polar surface area (TPSA) is 27.0 Å². The number of nitriles is 1. The van der Waals surface area contributed by atoms with Gasteiger partial charge in [-0.3, -0.25) is 0 Å². The van der Waals surface area contributed by atoms with Crippen molar-refractivity contribution in [1.29, 1.82) is 5.26 Å². The van der Waals surface area contributed by atoms with E-state index in [0.29, 0.717) is 6.04 Å². The van der Waals surface area contributed by atoms with E-state index < -0.39 is 0 Å². The summed E-state index contributed by atoms with van der Waals surface area (Å²) < 4.78 is 0. The lowest BCUT2D eigenvalue weighted by Crippen LogP contribution is -2.34. The molecule has 16 heavy (non-hydrogen) atoms. The molecule has 0 rings (SSSR count). The van der Waals surface area contributed by atoms with Gasteiger partial charge in [-0.05, 0) is 26.7 Å². The largest absolute Gasteiger partial charge is 0.368 e. The summed E-state index contributed by atoms with van der Waals surface area (Å²) in [5.41, 5.74) is 1.89. The van der Waals surface area contributed by atoms with Crippen LogP contribution in [0.2, 0.25) is 0 Å². The molecule has 0 aromatic rings. The summed E-state index contributed by atoms with van der Waals surface area (Å²) in [7, 11) is 0. The van der Waals surface area contributed by atoms with Crippen LogP contribution in [0.4, 0.5) is 0 Å². The molecule has 0 amide bonds. The molecule has 90 valence electrons. The monoisotopic (exact) mass is 220 g/mol. The summed E-state index contributed by atoms with van der Waals surface area (Å²) in [5.74, 6) is 0. The zero-order chi connectivity index (χ0) is 12.6. The first-order chi connectivity index (χ1) is 7.62. The van der Waals surface area contributed by atoms with Gasteiger partial charge in [0.2, 0.25) is 0 Å². The zero-order valence-electron chi connectivity index (χ0n) is 11.1. The highest BCUT2D eigenvalue weighted by Gasteiger charge is 2.16. The van der Waals surface area contributed by atoms with Crippen LogP contribution in [0.25, 0.3) is 0 Å². The van der Waals surface area contributed by atoms with Crippen molar-refractivity contribution in [3.63, 3.8) is 0 Å². The van der Waals surface area contributed by atoms with Gasteiger partial charge in [-0.2, -0.15) is 5.26 Å². The van der Waals surface area contributed by atoms with Crippen LogP contribution in [0, 0.1) is 11.3 Å². The molecule has 1 unspecified atom stereocenters. The third-order valence-electron chi connectivity index (χ3n) is 3.00. The van der Waals surface area contributed by atoms with Crippen LogP contribution in [-0.4, -0.2) is 17.5 Å². The van der Waals surface area contributed by atoms with Gasteiger partial charge in [0.1, 0.15) is 0 Å². The Hall–Kier alpha value is -1.23. The van der Waals surface area contributed by atoms with E-state index >= 15 is 0 Å². The van der Waals surface area contributed by atoms with Gasteiger partial charge in [0.05, 0.1) is 6.07 Å². The van der Waals surface area contributed by atoms with Crippen molar-refractivity contribution in [3.05, 3.63) is 23.9 Å². The van der Waals surface area contributed by atoms with E-state index in [1.54, 1.807) is 0 Å². The number of allylic oxidation sites excluding steroid dienone is 2. The van der Waals surface area contributed by atoms with E-state index in [1.807, 2.05) is 19.9 Å². The Morgan fingerprint density at radius 2 is 2.06 bits per heavy atom. The van der Waals surface area contributed by atoms with Crippen molar-refractivity contribution in [2.24, 2.45) is 0 Å². The smallest absolute Gasteiger partial charge is 0.0962 e. The maximum atomic E-state index is 8.95. The molecule has 0 aromatic heterocycles. The van der Waals surface area contributed by atoms with Gasteiger partial charge in [0.25, 0.3) is 0 Å². The van der Waals surface area contributed by atoms with Crippen LogP contribution in [0.5, 0.6) is 0 Å². The summed E-state index contributed by atoms with van der Waals surface area (Å²) in [6, 6.07) is 2.75. The SMILES string of the molecule is C=CCN(/C(C)=C(/C)C#N)C(CC)CCC. The minimum absolute atomic E-state index is 0.520. The Kier molecular flexibility index (Phi) is 7.37. The lowest BCUT2D eigenvalue weighted by molar-refractivity contribution is 0.252. The normalized spacial score (nSPS) is 13.7. The van der Waals surface area contributed by atoms with E-state index in [4.69, 9.17) is 5.26 Å². The number of hydrogen-bond donors (Lipinski definition) is 0. The first-order valence-electron chi connectivity index (χ1n) is 6.07. The van der Waals surface area contributed by atoms with Gasteiger partial charge in [0.15, 0.2) is 0 Å². The lowest BCUT2D eigenvalue weighted by atomic mass is 10.1. The molecule has 0 aliphatic heterocycles. The molecule has 0 heterocycles. The van der Waals surface area contributed by atoms with Gasteiger partial charge in [-0.25, -0.2) is 0 Å². The molecule has 0 radical (unpaired) electrons. The lowest BCUT2D eigenvalue weighted by Gasteiger charge is -2.33. The van der Waals surface area contributed by atoms with Gasteiger partial charge < -0.3 is 4.90 Å². The average Bonchev–Trinajstić information content (AvgIpc) is 2.31. The fourth-order valence-electron chi connectivity index (χ4n) is 1.91. The predicted octanol–water partition coefficient (Wildman–Crippen LogP) is 3.87. The van der Waals surface area contributed by atoms with E-state index in [2.05, 4.69) is 31.4 Å². The Bertz CT molecular complexity index is 284. The Balaban J connectivity index is 4.98. The van der Waals surface area contributed by atoms with Crippen LogP contribution < -0.4 is 0 Å². The molecule has 0 aromatic carbocycles. The molecular weight excluding hydrogens is 196 g/mol. The molecule has 0 spiro atoms. The van der Waals surface area contributed by atoms with Crippen molar-refractivity contribution >= 4 is 0 Å². The highest BCUT2D eigenvalue weighted by Crippen LogP contribution is 2.19. The van der Waals surface area contributed by atoms with Gasteiger partial charge in [-0.1, -0.05) is 26.3 Å². The molecule has 0 aliphatic carbocycles. The van der Waals surface area contributed by atoms with Crippen LogP contribution in [-0.2, 0) is 0 Å². The predicted molar refractivity (Wildman–Crippen MR) is 69.9 cm³/mol. The first kappa shape index (κ1) is 14.8. The number of hydrogen-bond acceptors (Lipinski definition) is 2. The molecule has 1 atom stereocenters. The third-order valence-corrected chi connectivity index (χ3v) is 3.00. The second kappa shape index (κ2) is 7.98. The Labute approximate surface area is 100 Å². The van der Waals surface area contributed by atoms with Crippen molar-refractivity contribution in [2.75, 3.05) is 6.54 Å². The summed E-state index contributed by atoms with van der Waals surface area (Å²) >= 11 is 0. The first-order valence-corrected chi connectivity index (χ1v) is 6.07. The fourth-order valence-corrected chi connectivity index (χ4v) is 1.91. The summed E-state index contributed by atoms with van der Waals surface area (Å²) in [5, 5.41) is 8.95.